The highest BCUT2D eigenvalue weighted by molar-refractivity contribution is 7.49. The first-order valence-corrected chi connectivity index (χ1v) is 12.4. The van der Waals surface area contributed by atoms with Crippen LogP contribution in [-0.4, -0.2) is 27.0 Å². The molecule has 1 unspecified atom stereocenters. The van der Waals surface area contributed by atoms with Crippen LogP contribution in [0, 0.1) is 0 Å². The molecular formula is C20H44NO3P. The fourth-order valence-corrected chi connectivity index (χ4v) is 4.69. The SMILES string of the molecule is CCCCCCCCCCCCCCCC(CC)N(CC)P(=O)(O)O. The molecule has 0 saturated heterocycles. The van der Waals surface area contributed by atoms with Gasteiger partial charge in [0.2, 0.25) is 0 Å². The fraction of sp³-hybridized carbons (Fsp3) is 1.00. The van der Waals surface area contributed by atoms with Crippen LogP contribution in [0.3, 0.4) is 0 Å². The highest BCUT2D eigenvalue weighted by atomic mass is 31.2. The second-order valence-corrected chi connectivity index (χ2v) is 8.90. The molecule has 0 aliphatic rings. The van der Waals surface area contributed by atoms with Gasteiger partial charge in [-0.1, -0.05) is 104 Å². The van der Waals surface area contributed by atoms with Crippen molar-refractivity contribution in [2.75, 3.05) is 6.54 Å². The highest BCUT2D eigenvalue weighted by Crippen LogP contribution is 2.43. The summed E-state index contributed by atoms with van der Waals surface area (Å²) in [5, 5.41) is 0. The second kappa shape index (κ2) is 16.3. The fourth-order valence-electron chi connectivity index (χ4n) is 3.62. The summed E-state index contributed by atoms with van der Waals surface area (Å²) in [5.41, 5.74) is 0. The molecule has 0 heterocycles. The third kappa shape index (κ3) is 13.9. The van der Waals surface area contributed by atoms with Crippen molar-refractivity contribution >= 4 is 7.75 Å². The van der Waals surface area contributed by atoms with E-state index in [4.69, 9.17) is 0 Å². The summed E-state index contributed by atoms with van der Waals surface area (Å²) in [6, 6.07) is 0.0125. The van der Waals surface area contributed by atoms with Crippen molar-refractivity contribution in [2.45, 2.75) is 123 Å². The Balaban J connectivity index is 3.54. The Morgan fingerprint density at radius 1 is 0.720 bits per heavy atom. The summed E-state index contributed by atoms with van der Waals surface area (Å²) in [6.45, 7) is 6.53. The maximum atomic E-state index is 11.5. The zero-order valence-corrected chi connectivity index (χ0v) is 18.0. The smallest absolute Gasteiger partial charge is 0.312 e. The first-order chi connectivity index (χ1) is 12.0. The molecule has 0 amide bonds. The molecule has 2 N–H and O–H groups in total. The molecule has 0 aliphatic carbocycles. The van der Waals surface area contributed by atoms with Gasteiger partial charge in [-0.25, -0.2) is 9.24 Å². The first-order valence-electron chi connectivity index (χ1n) is 10.8. The van der Waals surface area contributed by atoms with Crippen LogP contribution in [0.2, 0.25) is 0 Å². The third-order valence-electron chi connectivity index (χ3n) is 5.19. The Labute approximate surface area is 157 Å². The van der Waals surface area contributed by atoms with Gasteiger partial charge in [-0.15, -0.1) is 0 Å². The van der Waals surface area contributed by atoms with Crippen molar-refractivity contribution in [1.29, 1.82) is 0 Å². The van der Waals surface area contributed by atoms with Gasteiger partial charge in [0.05, 0.1) is 0 Å². The van der Waals surface area contributed by atoms with E-state index in [1.54, 1.807) is 0 Å². The molecule has 0 saturated carbocycles. The standard InChI is InChI=1S/C20H44NO3P/c1-4-7-8-9-10-11-12-13-14-15-16-17-18-19-20(5-2)21(6-3)25(22,23)24/h20H,4-19H2,1-3H3,(H2,22,23,24). The van der Waals surface area contributed by atoms with E-state index in [1.165, 1.54) is 81.7 Å². The summed E-state index contributed by atoms with van der Waals surface area (Å²) in [6.07, 6.45) is 19.0. The molecule has 5 heteroatoms. The van der Waals surface area contributed by atoms with Crippen molar-refractivity contribution in [3.8, 4) is 0 Å². The first kappa shape index (κ1) is 25.1. The van der Waals surface area contributed by atoms with Gasteiger partial charge in [0.15, 0.2) is 0 Å². The van der Waals surface area contributed by atoms with Crippen LogP contribution in [0.5, 0.6) is 0 Å². The summed E-state index contributed by atoms with van der Waals surface area (Å²) in [7, 11) is -4.10. The van der Waals surface area contributed by atoms with Crippen LogP contribution in [0.4, 0.5) is 0 Å². The van der Waals surface area contributed by atoms with Gasteiger partial charge in [0.1, 0.15) is 0 Å². The van der Waals surface area contributed by atoms with E-state index in [0.717, 1.165) is 19.3 Å². The molecule has 1 atom stereocenters. The molecule has 0 spiro atoms. The lowest BCUT2D eigenvalue weighted by Gasteiger charge is -2.30. The normalized spacial score (nSPS) is 13.5. The molecule has 0 aromatic carbocycles. The molecule has 0 aliphatic heterocycles. The van der Waals surface area contributed by atoms with E-state index in [2.05, 4.69) is 6.92 Å². The highest BCUT2D eigenvalue weighted by Gasteiger charge is 2.29. The second-order valence-electron chi connectivity index (χ2n) is 7.36. The minimum Gasteiger partial charge on any atom is -0.312 e. The predicted octanol–water partition coefficient (Wildman–Crippen LogP) is 6.66. The Hall–Kier alpha value is 0.110. The van der Waals surface area contributed by atoms with E-state index in [9.17, 15) is 14.4 Å². The Kier molecular flexibility index (Phi) is 16.4. The molecule has 0 fully saturated rings. The summed E-state index contributed by atoms with van der Waals surface area (Å²) < 4.78 is 12.9. The molecule has 152 valence electrons. The monoisotopic (exact) mass is 377 g/mol. The minimum atomic E-state index is -4.10. The van der Waals surface area contributed by atoms with Gasteiger partial charge in [-0.3, -0.25) is 0 Å². The van der Waals surface area contributed by atoms with E-state index >= 15 is 0 Å². The average molecular weight is 378 g/mol. The van der Waals surface area contributed by atoms with Crippen molar-refractivity contribution in [3.05, 3.63) is 0 Å². The maximum absolute atomic E-state index is 11.5. The molecule has 0 radical (unpaired) electrons. The lowest BCUT2D eigenvalue weighted by molar-refractivity contribution is 0.218. The zero-order valence-electron chi connectivity index (χ0n) is 17.1. The van der Waals surface area contributed by atoms with E-state index in [-0.39, 0.29) is 6.04 Å². The van der Waals surface area contributed by atoms with Gasteiger partial charge in [-0.05, 0) is 12.8 Å². The van der Waals surface area contributed by atoms with Crippen LogP contribution in [0.15, 0.2) is 0 Å². The van der Waals surface area contributed by atoms with Gasteiger partial charge in [0, 0.05) is 12.6 Å². The van der Waals surface area contributed by atoms with Gasteiger partial charge >= 0.3 is 7.75 Å². The Bertz CT molecular complexity index is 333. The zero-order chi connectivity index (χ0) is 19.0. The Morgan fingerprint density at radius 3 is 1.44 bits per heavy atom. The Morgan fingerprint density at radius 2 is 1.12 bits per heavy atom. The van der Waals surface area contributed by atoms with Crippen molar-refractivity contribution in [2.24, 2.45) is 0 Å². The van der Waals surface area contributed by atoms with E-state index < -0.39 is 7.75 Å². The number of rotatable bonds is 18. The van der Waals surface area contributed by atoms with E-state index in [1.807, 2.05) is 13.8 Å². The van der Waals surface area contributed by atoms with Crippen LogP contribution in [0.25, 0.3) is 0 Å². The van der Waals surface area contributed by atoms with Crippen LogP contribution in [0.1, 0.15) is 117 Å². The molecule has 0 bridgehead atoms. The number of hydrogen-bond donors (Lipinski definition) is 2. The van der Waals surface area contributed by atoms with Gasteiger partial charge in [-0.2, -0.15) is 0 Å². The molecule has 25 heavy (non-hydrogen) atoms. The van der Waals surface area contributed by atoms with Crippen LogP contribution in [-0.2, 0) is 4.57 Å². The summed E-state index contributed by atoms with van der Waals surface area (Å²) in [5.74, 6) is 0. The van der Waals surface area contributed by atoms with Crippen molar-refractivity contribution in [3.63, 3.8) is 0 Å². The molecule has 0 aromatic rings. The van der Waals surface area contributed by atoms with E-state index in [0.29, 0.717) is 6.54 Å². The quantitative estimate of drug-likeness (QED) is 0.207. The average Bonchev–Trinajstić information content (AvgIpc) is 2.56. The summed E-state index contributed by atoms with van der Waals surface area (Å²) in [4.78, 5) is 18.8. The van der Waals surface area contributed by atoms with Gasteiger partial charge in [0.25, 0.3) is 0 Å². The number of unbranched alkanes of at least 4 members (excludes halogenated alkanes) is 12. The molecule has 4 nitrogen and oxygen atoms in total. The predicted molar refractivity (Wildman–Crippen MR) is 109 cm³/mol. The third-order valence-corrected chi connectivity index (χ3v) is 6.47. The molecular weight excluding hydrogens is 333 g/mol. The molecule has 0 rings (SSSR count). The number of nitrogens with zero attached hydrogens (tertiary/aromatic N) is 1. The lowest BCUT2D eigenvalue weighted by atomic mass is 10.0. The maximum Gasteiger partial charge on any atom is 0.403 e. The van der Waals surface area contributed by atoms with Gasteiger partial charge < -0.3 is 9.79 Å². The minimum absolute atomic E-state index is 0.0125. The number of hydrogen-bond acceptors (Lipinski definition) is 1. The van der Waals surface area contributed by atoms with Crippen LogP contribution < -0.4 is 0 Å². The van der Waals surface area contributed by atoms with Crippen molar-refractivity contribution < 1.29 is 14.4 Å². The van der Waals surface area contributed by atoms with Crippen molar-refractivity contribution in [1.82, 2.24) is 4.67 Å². The lowest BCUT2D eigenvalue weighted by Crippen LogP contribution is -2.31. The summed E-state index contributed by atoms with van der Waals surface area (Å²) >= 11 is 0. The molecule has 0 aromatic heterocycles. The van der Waals surface area contributed by atoms with Crippen LogP contribution >= 0.6 is 7.75 Å². The topological polar surface area (TPSA) is 60.8 Å². The largest absolute Gasteiger partial charge is 0.403 e.